The lowest BCUT2D eigenvalue weighted by molar-refractivity contribution is -0.116. The maximum atomic E-state index is 12.2. The van der Waals surface area contributed by atoms with Crippen molar-refractivity contribution >= 4 is 52.1 Å². The van der Waals surface area contributed by atoms with Crippen molar-refractivity contribution in [2.45, 2.75) is 12.8 Å². The molecular weight excluding hydrogens is 421 g/mol. The van der Waals surface area contributed by atoms with Gasteiger partial charge in [-0.25, -0.2) is 0 Å². The Labute approximate surface area is 185 Å². The van der Waals surface area contributed by atoms with E-state index in [0.717, 1.165) is 5.56 Å². The molecule has 0 fully saturated rings. The van der Waals surface area contributed by atoms with E-state index in [4.69, 9.17) is 23.2 Å². The summed E-state index contributed by atoms with van der Waals surface area (Å²) in [5.74, 6) is -0.308. The molecule has 3 aromatic carbocycles. The van der Waals surface area contributed by atoms with Gasteiger partial charge in [0.25, 0.3) is 0 Å². The summed E-state index contributed by atoms with van der Waals surface area (Å²) in [5.41, 5.74) is 3.03. The van der Waals surface area contributed by atoms with Gasteiger partial charge in [0.05, 0.1) is 16.6 Å². The van der Waals surface area contributed by atoms with E-state index in [2.05, 4.69) is 16.0 Å². The van der Waals surface area contributed by atoms with Crippen LogP contribution in [0.25, 0.3) is 0 Å². The molecule has 0 spiro atoms. The van der Waals surface area contributed by atoms with E-state index < -0.39 is 0 Å². The van der Waals surface area contributed by atoms with Crippen molar-refractivity contribution in [2.24, 2.45) is 0 Å². The van der Waals surface area contributed by atoms with Crippen molar-refractivity contribution < 1.29 is 9.59 Å². The molecule has 0 unspecified atom stereocenters. The first-order chi connectivity index (χ1) is 14.5. The highest BCUT2D eigenvalue weighted by molar-refractivity contribution is 6.42. The van der Waals surface area contributed by atoms with Crippen molar-refractivity contribution in [3.8, 4) is 0 Å². The molecule has 0 saturated carbocycles. The number of carbonyl (C=O) groups excluding carboxylic acids is 2. The van der Waals surface area contributed by atoms with E-state index in [1.54, 1.807) is 42.5 Å². The molecule has 0 heterocycles. The van der Waals surface area contributed by atoms with Gasteiger partial charge >= 0.3 is 0 Å². The van der Waals surface area contributed by atoms with E-state index >= 15 is 0 Å². The molecule has 0 radical (unpaired) electrons. The Bertz CT molecular complexity index is 1030. The smallest absolute Gasteiger partial charge is 0.243 e. The van der Waals surface area contributed by atoms with Crippen molar-refractivity contribution in [1.82, 2.24) is 0 Å². The van der Waals surface area contributed by atoms with E-state index in [1.165, 1.54) is 0 Å². The van der Waals surface area contributed by atoms with Gasteiger partial charge in [-0.05, 0) is 48.4 Å². The van der Waals surface area contributed by atoms with Crippen LogP contribution in [0.4, 0.5) is 17.1 Å². The summed E-state index contributed by atoms with van der Waals surface area (Å²) in [4.78, 5) is 24.4. The molecule has 0 aliphatic rings. The second kappa shape index (κ2) is 10.7. The van der Waals surface area contributed by atoms with Crippen LogP contribution in [0.2, 0.25) is 10.0 Å². The number of hydrogen-bond acceptors (Lipinski definition) is 3. The van der Waals surface area contributed by atoms with E-state index in [0.29, 0.717) is 39.9 Å². The van der Waals surface area contributed by atoms with E-state index in [1.807, 2.05) is 30.3 Å². The van der Waals surface area contributed by atoms with E-state index in [-0.39, 0.29) is 18.4 Å². The Balaban J connectivity index is 1.48. The Morgan fingerprint density at radius 3 is 2.10 bits per heavy atom. The van der Waals surface area contributed by atoms with Gasteiger partial charge in [-0.1, -0.05) is 59.6 Å². The third kappa shape index (κ3) is 6.79. The highest BCUT2D eigenvalue weighted by Crippen LogP contribution is 2.25. The average molecular weight is 442 g/mol. The first-order valence-electron chi connectivity index (χ1n) is 9.42. The number of halogens is 2. The van der Waals surface area contributed by atoms with Crippen molar-refractivity contribution in [2.75, 3.05) is 22.5 Å². The largest absolute Gasteiger partial charge is 0.376 e. The Morgan fingerprint density at radius 1 is 0.700 bits per heavy atom. The lowest BCUT2D eigenvalue weighted by Gasteiger charge is -2.10. The van der Waals surface area contributed by atoms with Crippen LogP contribution in [-0.4, -0.2) is 18.4 Å². The summed E-state index contributed by atoms with van der Waals surface area (Å²) < 4.78 is 0. The van der Waals surface area contributed by atoms with Gasteiger partial charge in [0.2, 0.25) is 11.8 Å². The van der Waals surface area contributed by atoms with Gasteiger partial charge < -0.3 is 16.0 Å². The monoisotopic (exact) mass is 441 g/mol. The summed E-state index contributed by atoms with van der Waals surface area (Å²) in [7, 11) is 0. The minimum absolute atomic E-state index is 0.0611. The van der Waals surface area contributed by atoms with Crippen molar-refractivity contribution in [3.63, 3.8) is 0 Å². The third-order valence-corrected chi connectivity index (χ3v) is 5.03. The quantitative estimate of drug-likeness (QED) is 0.424. The molecule has 0 aliphatic carbocycles. The standard InChI is InChI=1S/C23H21Cl2N3O2/c24-20-11-10-17(14-21(20)25)26-15-23(30)28-19-8-4-7-18(13-19)27-22(29)12-9-16-5-2-1-3-6-16/h1-8,10-11,13-14,26H,9,12,15H2,(H,27,29)(H,28,30). The molecule has 5 nitrogen and oxygen atoms in total. The number of rotatable bonds is 8. The van der Waals surface area contributed by atoms with Crippen LogP contribution in [0.3, 0.4) is 0 Å². The number of hydrogen-bond donors (Lipinski definition) is 3. The second-order valence-corrected chi connectivity index (χ2v) is 7.46. The van der Waals surface area contributed by atoms with Crippen LogP contribution in [-0.2, 0) is 16.0 Å². The zero-order valence-corrected chi connectivity index (χ0v) is 17.6. The van der Waals surface area contributed by atoms with Gasteiger partial charge in [0.1, 0.15) is 0 Å². The fourth-order valence-electron chi connectivity index (χ4n) is 2.79. The van der Waals surface area contributed by atoms with E-state index in [9.17, 15) is 9.59 Å². The predicted molar refractivity (Wildman–Crippen MR) is 123 cm³/mol. The summed E-state index contributed by atoms with van der Waals surface area (Å²) in [6, 6.07) is 21.9. The SMILES string of the molecule is O=C(CCc1ccccc1)Nc1cccc(NC(=O)CNc2ccc(Cl)c(Cl)c2)c1. The fourth-order valence-corrected chi connectivity index (χ4v) is 3.09. The van der Waals surface area contributed by atoms with Crippen molar-refractivity contribution in [1.29, 1.82) is 0 Å². The molecule has 0 saturated heterocycles. The summed E-state index contributed by atoms with van der Waals surface area (Å²) in [5, 5.41) is 9.51. The molecule has 0 atom stereocenters. The zero-order chi connectivity index (χ0) is 21.3. The highest BCUT2D eigenvalue weighted by Gasteiger charge is 2.07. The molecule has 2 amide bonds. The number of amides is 2. The third-order valence-electron chi connectivity index (χ3n) is 4.29. The Morgan fingerprint density at radius 2 is 1.40 bits per heavy atom. The lowest BCUT2D eigenvalue weighted by Crippen LogP contribution is -2.21. The molecule has 3 aromatic rings. The van der Waals surface area contributed by atoms with Crippen LogP contribution in [0.1, 0.15) is 12.0 Å². The van der Waals surface area contributed by atoms with Crippen LogP contribution in [0.15, 0.2) is 72.8 Å². The minimum Gasteiger partial charge on any atom is -0.376 e. The molecule has 154 valence electrons. The lowest BCUT2D eigenvalue weighted by atomic mass is 10.1. The Kier molecular flexibility index (Phi) is 7.71. The van der Waals surface area contributed by atoms with Crippen LogP contribution in [0.5, 0.6) is 0 Å². The first-order valence-corrected chi connectivity index (χ1v) is 10.2. The van der Waals surface area contributed by atoms with Crippen molar-refractivity contribution in [3.05, 3.63) is 88.4 Å². The van der Waals surface area contributed by atoms with Crippen LogP contribution in [0, 0.1) is 0 Å². The second-order valence-electron chi connectivity index (χ2n) is 6.65. The number of benzene rings is 3. The minimum atomic E-state index is -0.228. The normalized spacial score (nSPS) is 10.3. The van der Waals surface area contributed by atoms with Crippen LogP contribution < -0.4 is 16.0 Å². The molecule has 3 N–H and O–H groups in total. The zero-order valence-electron chi connectivity index (χ0n) is 16.1. The molecular formula is C23H21Cl2N3O2. The maximum absolute atomic E-state index is 12.2. The topological polar surface area (TPSA) is 70.2 Å². The fraction of sp³-hybridized carbons (Fsp3) is 0.130. The first kappa shape index (κ1) is 21.7. The van der Waals surface area contributed by atoms with Gasteiger partial charge in [0, 0.05) is 23.5 Å². The van der Waals surface area contributed by atoms with Gasteiger partial charge in [-0.15, -0.1) is 0 Å². The van der Waals surface area contributed by atoms with Crippen LogP contribution >= 0.6 is 23.2 Å². The number of aryl methyl sites for hydroxylation is 1. The summed E-state index contributed by atoms with van der Waals surface area (Å²) >= 11 is 11.9. The number of anilines is 3. The average Bonchev–Trinajstić information content (AvgIpc) is 2.74. The van der Waals surface area contributed by atoms with Gasteiger partial charge in [0.15, 0.2) is 0 Å². The maximum Gasteiger partial charge on any atom is 0.243 e. The Hall–Kier alpha value is -3.02. The number of nitrogens with one attached hydrogen (secondary N) is 3. The summed E-state index contributed by atoms with van der Waals surface area (Å²) in [6.45, 7) is 0.0611. The molecule has 0 aliphatic heterocycles. The molecule has 7 heteroatoms. The summed E-state index contributed by atoms with van der Waals surface area (Å²) in [6.07, 6.45) is 1.05. The molecule has 0 bridgehead atoms. The van der Waals surface area contributed by atoms with Gasteiger partial charge in [-0.2, -0.15) is 0 Å². The van der Waals surface area contributed by atoms with Gasteiger partial charge in [-0.3, -0.25) is 9.59 Å². The highest BCUT2D eigenvalue weighted by atomic mass is 35.5. The molecule has 30 heavy (non-hydrogen) atoms. The number of carbonyl (C=O) groups is 2. The predicted octanol–water partition coefficient (Wildman–Crippen LogP) is 5.62. The molecule has 3 rings (SSSR count). The molecule has 0 aromatic heterocycles.